The highest BCUT2D eigenvalue weighted by Crippen LogP contribution is 2.47. The summed E-state index contributed by atoms with van der Waals surface area (Å²) in [6.07, 6.45) is 16.8. The van der Waals surface area contributed by atoms with Crippen LogP contribution in [0.15, 0.2) is 18.2 Å². The molecule has 0 spiro atoms. The van der Waals surface area contributed by atoms with Crippen LogP contribution in [0.4, 0.5) is 4.39 Å². The first-order valence-electron chi connectivity index (χ1n) is 10.9. The Morgan fingerprint density at radius 2 is 1.23 bits per heavy atom. The van der Waals surface area contributed by atoms with Gasteiger partial charge in [-0.15, -0.1) is 0 Å². The molecule has 0 N–H and O–H groups in total. The molecule has 3 saturated carbocycles. The summed E-state index contributed by atoms with van der Waals surface area (Å²) in [5, 5.41) is 8.90. The summed E-state index contributed by atoms with van der Waals surface area (Å²) >= 11 is 0. The summed E-state index contributed by atoms with van der Waals surface area (Å²) in [6, 6.07) is 7.16. The Morgan fingerprint density at radius 1 is 0.731 bits per heavy atom. The molecule has 4 rings (SSSR count). The molecule has 3 aliphatic rings. The van der Waals surface area contributed by atoms with Crippen LogP contribution in [0.5, 0.6) is 0 Å². The Hall–Kier alpha value is -1.36. The van der Waals surface area contributed by atoms with Gasteiger partial charge in [0.2, 0.25) is 0 Å². The minimum absolute atomic E-state index is 0.168. The maximum Gasteiger partial charge on any atom is 0.141 e. The molecule has 0 amide bonds. The second-order valence-corrected chi connectivity index (χ2v) is 9.18. The molecule has 0 atom stereocenters. The third-order valence-electron chi connectivity index (χ3n) is 7.91. The van der Waals surface area contributed by atoms with Gasteiger partial charge in [-0.25, -0.2) is 4.39 Å². The zero-order chi connectivity index (χ0) is 17.9. The van der Waals surface area contributed by atoms with E-state index in [4.69, 9.17) is 5.26 Å². The molecule has 0 radical (unpaired) electrons. The van der Waals surface area contributed by atoms with Crippen molar-refractivity contribution in [3.05, 3.63) is 35.1 Å². The average molecular weight is 354 g/mol. The van der Waals surface area contributed by atoms with Crippen molar-refractivity contribution in [1.82, 2.24) is 0 Å². The molecule has 1 aromatic carbocycles. The molecule has 140 valence electrons. The third-order valence-corrected chi connectivity index (χ3v) is 7.91. The third kappa shape index (κ3) is 3.83. The van der Waals surface area contributed by atoms with Crippen molar-refractivity contribution >= 4 is 0 Å². The summed E-state index contributed by atoms with van der Waals surface area (Å²) in [7, 11) is 0. The van der Waals surface area contributed by atoms with Crippen molar-refractivity contribution in [1.29, 1.82) is 5.26 Å². The van der Waals surface area contributed by atoms with Crippen molar-refractivity contribution < 1.29 is 4.39 Å². The van der Waals surface area contributed by atoms with Crippen LogP contribution in [0.1, 0.15) is 94.1 Å². The second-order valence-electron chi connectivity index (χ2n) is 9.18. The van der Waals surface area contributed by atoms with E-state index in [0.29, 0.717) is 5.92 Å². The SMILES string of the molecule is N#Cc1ccc(C2CCC([C@H]3CC[C@H](C4CCCC4)CC3)CC2)cc1F. The van der Waals surface area contributed by atoms with E-state index in [1.54, 1.807) is 12.1 Å². The number of hydrogen-bond donors (Lipinski definition) is 0. The molecule has 26 heavy (non-hydrogen) atoms. The second kappa shape index (κ2) is 8.12. The van der Waals surface area contributed by atoms with Gasteiger partial charge in [-0.1, -0.05) is 31.7 Å². The summed E-state index contributed by atoms with van der Waals surface area (Å²) in [4.78, 5) is 0. The first kappa shape index (κ1) is 18.0. The monoisotopic (exact) mass is 353 g/mol. The van der Waals surface area contributed by atoms with Gasteiger partial charge >= 0.3 is 0 Å². The van der Waals surface area contributed by atoms with E-state index in [-0.39, 0.29) is 11.4 Å². The van der Waals surface area contributed by atoms with Gasteiger partial charge in [0.1, 0.15) is 11.9 Å². The van der Waals surface area contributed by atoms with Crippen LogP contribution in [0.2, 0.25) is 0 Å². The van der Waals surface area contributed by atoms with Crippen molar-refractivity contribution in [2.75, 3.05) is 0 Å². The van der Waals surface area contributed by atoms with Gasteiger partial charge in [0.05, 0.1) is 5.56 Å². The topological polar surface area (TPSA) is 23.8 Å². The van der Waals surface area contributed by atoms with Gasteiger partial charge in [-0.2, -0.15) is 5.26 Å². The highest BCUT2D eigenvalue weighted by molar-refractivity contribution is 5.34. The maximum atomic E-state index is 13.9. The zero-order valence-electron chi connectivity index (χ0n) is 15.9. The van der Waals surface area contributed by atoms with Crippen LogP contribution in [0.3, 0.4) is 0 Å². The number of hydrogen-bond acceptors (Lipinski definition) is 1. The Labute approximate surface area is 158 Å². The van der Waals surface area contributed by atoms with Crippen molar-refractivity contribution in [3.8, 4) is 6.07 Å². The Bertz CT molecular complexity index is 639. The van der Waals surface area contributed by atoms with Gasteiger partial charge in [0.25, 0.3) is 0 Å². The van der Waals surface area contributed by atoms with E-state index in [1.165, 1.54) is 77.0 Å². The molecule has 1 nitrogen and oxygen atoms in total. The number of benzene rings is 1. The van der Waals surface area contributed by atoms with E-state index in [0.717, 1.165) is 29.2 Å². The molecule has 1 aromatic rings. The molecule has 3 fully saturated rings. The molecular formula is C24H32FN. The Kier molecular flexibility index (Phi) is 5.63. The minimum atomic E-state index is -0.350. The molecule has 0 heterocycles. The Balaban J connectivity index is 1.27. The van der Waals surface area contributed by atoms with Crippen LogP contribution in [0.25, 0.3) is 0 Å². The normalized spacial score (nSPS) is 33.1. The van der Waals surface area contributed by atoms with Gasteiger partial charge in [0.15, 0.2) is 0 Å². The van der Waals surface area contributed by atoms with Crippen LogP contribution in [-0.4, -0.2) is 0 Å². The van der Waals surface area contributed by atoms with Crippen molar-refractivity contribution in [3.63, 3.8) is 0 Å². The predicted molar refractivity (Wildman–Crippen MR) is 103 cm³/mol. The lowest BCUT2D eigenvalue weighted by atomic mass is 9.66. The van der Waals surface area contributed by atoms with Crippen LogP contribution in [0, 0.1) is 40.8 Å². The van der Waals surface area contributed by atoms with Crippen LogP contribution < -0.4 is 0 Å². The molecule has 0 aliphatic heterocycles. The lowest BCUT2D eigenvalue weighted by molar-refractivity contribution is 0.135. The number of nitrogens with zero attached hydrogens (tertiary/aromatic N) is 1. The maximum absolute atomic E-state index is 13.9. The fourth-order valence-electron chi connectivity index (χ4n) is 6.32. The van der Waals surface area contributed by atoms with Gasteiger partial charge in [-0.05, 0) is 98.7 Å². The van der Waals surface area contributed by atoms with Gasteiger partial charge in [-0.3, -0.25) is 0 Å². The van der Waals surface area contributed by atoms with E-state index in [1.807, 2.05) is 12.1 Å². The predicted octanol–water partition coefficient (Wildman–Crippen LogP) is 6.97. The number of nitriles is 1. The standard InChI is InChI=1S/C24H32FN/c25-24-15-22(13-14-23(24)16-26)21-11-9-20(10-12-21)19-7-5-18(6-8-19)17-3-1-2-4-17/h13-15,17-21H,1-12H2/t18-,19-,20?,21?. The van der Waals surface area contributed by atoms with E-state index in [2.05, 4.69) is 0 Å². The fraction of sp³-hybridized carbons (Fsp3) is 0.708. The van der Waals surface area contributed by atoms with Crippen molar-refractivity contribution in [2.24, 2.45) is 23.7 Å². The lowest BCUT2D eigenvalue weighted by Gasteiger charge is -2.39. The molecular weight excluding hydrogens is 321 g/mol. The lowest BCUT2D eigenvalue weighted by Crippen LogP contribution is -2.27. The summed E-state index contributed by atoms with van der Waals surface area (Å²) in [6.45, 7) is 0. The van der Waals surface area contributed by atoms with Crippen LogP contribution in [-0.2, 0) is 0 Å². The molecule has 0 unspecified atom stereocenters. The summed E-state index contributed by atoms with van der Waals surface area (Å²) < 4.78 is 13.9. The van der Waals surface area contributed by atoms with Gasteiger partial charge < -0.3 is 0 Å². The first-order chi connectivity index (χ1) is 12.7. The number of halogens is 1. The van der Waals surface area contributed by atoms with Crippen molar-refractivity contribution in [2.45, 2.75) is 83.0 Å². The molecule has 0 bridgehead atoms. The number of rotatable bonds is 3. The average Bonchev–Trinajstić information content (AvgIpc) is 3.23. The van der Waals surface area contributed by atoms with E-state index < -0.39 is 0 Å². The molecule has 0 saturated heterocycles. The van der Waals surface area contributed by atoms with Crippen LogP contribution >= 0.6 is 0 Å². The highest BCUT2D eigenvalue weighted by Gasteiger charge is 2.34. The largest absolute Gasteiger partial charge is 0.206 e. The molecule has 3 aliphatic carbocycles. The fourth-order valence-corrected chi connectivity index (χ4v) is 6.32. The highest BCUT2D eigenvalue weighted by atomic mass is 19.1. The Morgan fingerprint density at radius 3 is 1.73 bits per heavy atom. The van der Waals surface area contributed by atoms with E-state index >= 15 is 0 Å². The summed E-state index contributed by atoms with van der Waals surface area (Å²) in [5.41, 5.74) is 1.27. The molecule has 2 heteroatoms. The zero-order valence-corrected chi connectivity index (χ0v) is 15.9. The minimum Gasteiger partial charge on any atom is -0.206 e. The van der Waals surface area contributed by atoms with E-state index in [9.17, 15) is 4.39 Å². The first-order valence-corrected chi connectivity index (χ1v) is 10.9. The smallest absolute Gasteiger partial charge is 0.141 e. The summed E-state index contributed by atoms with van der Waals surface area (Å²) in [5.74, 6) is 4.08. The van der Waals surface area contributed by atoms with Gasteiger partial charge in [0, 0.05) is 0 Å². The quantitative estimate of drug-likeness (QED) is 0.575. The molecule has 0 aromatic heterocycles.